The second-order valence-electron chi connectivity index (χ2n) is 5.06. The van der Waals surface area contributed by atoms with Crippen LogP contribution in [-0.2, 0) is 0 Å². The molecule has 0 aliphatic heterocycles. The summed E-state index contributed by atoms with van der Waals surface area (Å²) in [5.41, 5.74) is 0.585. The lowest BCUT2D eigenvalue weighted by Crippen LogP contribution is -2.32. The number of carbonyl (C=O) groups excluding carboxylic acids is 1. The SMILES string of the molecule is O=C(NC1CCCC1)c1cnc(C2CC2)nc1. The van der Waals surface area contributed by atoms with Crippen LogP contribution < -0.4 is 5.32 Å². The number of nitrogens with zero attached hydrogens (tertiary/aromatic N) is 2. The van der Waals surface area contributed by atoms with E-state index in [1.165, 1.54) is 25.7 Å². The Bertz CT molecular complexity index is 405. The molecule has 0 spiro atoms. The van der Waals surface area contributed by atoms with Gasteiger partial charge >= 0.3 is 0 Å². The first-order valence-corrected chi connectivity index (χ1v) is 6.46. The van der Waals surface area contributed by atoms with Crippen LogP contribution in [0.4, 0.5) is 0 Å². The Hall–Kier alpha value is -1.45. The summed E-state index contributed by atoms with van der Waals surface area (Å²) in [6, 6.07) is 0.352. The highest BCUT2D eigenvalue weighted by Gasteiger charge is 2.26. The minimum atomic E-state index is -0.0285. The molecule has 0 bridgehead atoms. The molecule has 1 aromatic heterocycles. The maximum atomic E-state index is 11.9. The third-order valence-electron chi connectivity index (χ3n) is 3.57. The van der Waals surface area contributed by atoms with Crippen molar-refractivity contribution in [3.8, 4) is 0 Å². The maximum absolute atomic E-state index is 11.9. The molecular weight excluding hydrogens is 214 g/mol. The van der Waals surface area contributed by atoms with Gasteiger partial charge in [-0.05, 0) is 25.7 Å². The predicted octanol–water partition coefficient (Wildman–Crippen LogP) is 2.03. The van der Waals surface area contributed by atoms with Crippen LogP contribution in [-0.4, -0.2) is 21.9 Å². The van der Waals surface area contributed by atoms with E-state index in [9.17, 15) is 4.79 Å². The second kappa shape index (κ2) is 4.43. The van der Waals surface area contributed by atoms with Gasteiger partial charge < -0.3 is 5.32 Å². The van der Waals surface area contributed by atoms with E-state index < -0.39 is 0 Å². The van der Waals surface area contributed by atoms with Gasteiger partial charge in [-0.25, -0.2) is 9.97 Å². The van der Waals surface area contributed by atoms with Gasteiger partial charge in [-0.15, -0.1) is 0 Å². The van der Waals surface area contributed by atoms with Gasteiger partial charge in [-0.1, -0.05) is 12.8 Å². The van der Waals surface area contributed by atoms with Crippen molar-refractivity contribution < 1.29 is 4.79 Å². The Morgan fingerprint density at radius 2 is 1.76 bits per heavy atom. The summed E-state index contributed by atoms with van der Waals surface area (Å²) in [7, 11) is 0. The van der Waals surface area contributed by atoms with Gasteiger partial charge in [0.05, 0.1) is 5.56 Å². The normalized spacial score (nSPS) is 20.5. The fourth-order valence-corrected chi connectivity index (χ4v) is 2.35. The van der Waals surface area contributed by atoms with Gasteiger partial charge in [0.2, 0.25) is 0 Å². The molecule has 2 aliphatic rings. The van der Waals surface area contributed by atoms with Crippen LogP contribution in [0.1, 0.15) is 60.6 Å². The number of nitrogens with one attached hydrogen (secondary N) is 1. The molecule has 1 amide bonds. The summed E-state index contributed by atoms with van der Waals surface area (Å²) in [5.74, 6) is 1.41. The molecule has 1 aromatic rings. The quantitative estimate of drug-likeness (QED) is 0.866. The van der Waals surface area contributed by atoms with E-state index in [1.807, 2.05) is 0 Å². The Kier molecular flexibility index (Phi) is 2.79. The summed E-state index contributed by atoms with van der Waals surface area (Å²) in [4.78, 5) is 20.4. The Morgan fingerprint density at radius 3 is 2.35 bits per heavy atom. The van der Waals surface area contributed by atoms with Crippen LogP contribution in [0.25, 0.3) is 0 Å². The van der Waals surface area contributed by atoms with Gasteiger partial charge in [0.15, 0.2) is 0 Å². The molecule has 1 N–H and O–H groups in total. The zero-order chi connectivity index (χ0) is 11.7. The number of hydrogen-bond acceptors (Lipinski definition) is 3. The summed E-state index contributed by atoms with van der Waals surface area (Å²) >= 11 is 0. The highest BCUT2D eigenvalue weighted by atomic mass is 16.1. The molecule has 0 saturated heterocycles. The highest BCUT2D eigenvalue weighted by molar-refractivity contribution is 5.93. The van der Waals surface area contributed by atoms with Gasteiger partial charge in [-0.3, -0.25) is 4.79 Å². The first-order chi connectivity index (χ1) is 8.33. The second-order valence-corrected chi connectivity index (χ2v) is 5.06. The van der Waals surface area contributed by atoms with Crippen molar-refractivity contribution in [2.75, 3.05) is 0 Å². The van der Waals surface area contributed by atoms with Gasteiger partial charge in [0.1, 0.15) is 5.82 Å². The summed E-state index contributed by atoms with van der Waals surface area (Å²) in [6.45, 7) is 0. The molecule has 90 valence electrons. The van der Waals surface area contributed by atoms with E-state index in [1.54, 1.807) is 12.4 Å². The minimum Gasteiger partial charge on any atom is -0.349 e. The molecule has 2 fully saturated rings. The van der Waals surface area contributed by atoms with Crippen molar-refractivity contribution in [2.45, 2.75) is 50.5 Å². The van der Waals surface area contributed by atoms with E-state index in [-0.39, 0.29) is 5.91 Å². The van der Waals surface area contributed by atoms with E-state index in [4.69, 9.17) is 0 Å². The average molecular weight is 231 g/mol. The van der Waals surface area contributed by atoms with Gasteiger partial charge in [0.25, 0.3) is 5.91 Å². The molecule has 0 radical (unpaired) electrons. The molecule has 1 heterocycles. The number of aromatic nitrogens is 2. The molecule has 4 nitrogen and oxygen atoms in total. The first kappa shape index (κ1) is 10.7. The summed E-state index contributed by atoms with van der Waals surface area (Å²) < 4.78 is 0. The average Bonchev–Trinajstić information content (AvgIpc) is 3.09. The number of rotatable bonds is 3. The van der Waals surface area contributed by atoms with E-state index in [2.05, 4.69) is 15.3 Å². The molecule has 2 aliphatic carbocycles. The molecular formula is C13H17N3O. The Balaban J connectivity index is 1.63. The fourth-order valence-electron chi connectivity index (χ4n) is 2.35. The molecule has 0 unspecified atom stereocenters. The standard InChI is InChI=1S/C13H17N3O/c17-13(16-11-3-1-2-4-11)10-7-14-12(15-8-10)9-5-6-9/h7-9,11H,1-6H2,(H,16,17). The predicted molar refractivity (Wildman–Crippen MR) is 63.7 cm³/mol. The molecule has 3 rings (SSSR count). The summed E-state index contributed by atoms with van der Waals surface area (Å²) in [6.07, 6.45) is 10.3. The van der Waals surface area contributed by atoms with Crippen molar-refractivity contribution in [3.63, 3.8) is 0 Å². The fraction of sp³-hybridized carbons (Fsp3) is 0.615. The lowest BCUT2D eigenvalue weighted by Gasteiger charge is -2.11. The molecule has 2 saturated carbocycles. The van der Waals surface area contributed by atoms with Crippen molar-refractivity contribution in [3.05, 3.63) is 23.8 Å². The Morgan fingerprint density at radius 1 is 1.12 bits per heavy atom. The van der Waals surface area contributed by atoms with E-state index in [0.717, 1.165) is 18.7 Å². The van der Waals surface area contributed by atoms with Gasteiger partial charge in [-0.2, -0.15) is 0 Å². The largest absolute Gasteiger partial charge is 0.349 e. The van der Waals surface area contributed by atoms with Crippen molar-refractivity contribution in [1.29, 1.82) is 0 Å². The topological polar surface area (TPSA) is 54.9 Å². The van der Waals surface area contributed by atoms with Crippen LogP contribution >= 0.6 is 0 Å². The van der Waals surface area contributed by atoms with Crippen molar-refractivity contribution in [2.24, 2.45) is 0 Å². The molecule has 0 aromatic carbocycles. The number of hydrogen-bond donors (Lipinski definition) is 1. The van der Waals surface area contributed by atoms with Crippen LogP contribution in [0.2, 0.25) is 0 Å². The van der Waals surface area contributed by atoms with Crippen LogP contribution in [0.3, 0.4) is 0 Å². The molecule has 17 heavy (non-hydrogen) atoms. The minimum absolute atomic E-state index is 0.0285. The van der Waals surface area contributed by atoms with Gasteiger partial charge in [0, 0.05) is 24.4 Å². The van der Waals surface area contributed by atoms with Crippen LogP contribution in [0.5, 0.6) is 0 Å². The monoisotopic (exact) mass is 231 g/mol. The smallest absolute Gasteiger partial charge is 0.254 e. The van der Waals surface area contributed by atoms with Crippen LogP contribution in [0.15, 0.2) is 12.4 Å². The first-order valence-electron chi connectivity index (χ1n) is 6.46. The zero-order valence-electron chi connectivity index (χ0n) is 9.85. The third-order valence-corrected chi connectivity index (χ3v) is 3.57. The van der Waals surface area contributed by atoms with E-state index in [0.29, 0.717) is 17.5 Å². The third kappa shape index (κ3) is 2.46. The number of amides is 1. The Labute approximate surface area is 101 Å². The molecule has 0 atom stereocenters. The highest BCUT2D eigenvalue weighted by Crippen LogP contribution is 2.37. The lowest BCUT2D eigenvalue weighted by atomic mass is 10.2. The van der Waals surface area contributed by atoms with E-state index >= 15 is 0 Å². The zero-order valence-corrected chi connectivity index (χ0v) is 9.85. The number of carbonyl (C=O) groups is 1. The van der Waals surface area contributed by atoms with Crippen molar-refractivity contribution >= 4 is 5.91 Å². The maximum Gasteiger partial charge on any atom is 0.254 e. The van der Waals surface area contributed by atoms with Crippen molar-refractivity contribution in [1.82, 2.24) is 15.3 Å². The molecule has 4 heteroatoms. The van der Waals surface area contributed by atoms with Crippen LogP contribution in [0, 0.1) is 0 Å². The summed E-state index contributed by atoms with van der Waals surface area (Å²) in [5, 5.41) is 3.04. The lowest BCUT2D eigenvalue weighted by molar-refractivity contribution is 0.0937.